The molecule has 0 bridgehead atoms. The Morgan fingerprint density at radius 2 is 1.84 bits per heavy atom. The number of unbranched alkanes of at least 4 members (excludes halogenated alkanes) is 1. The lowest BCUT2D eigenvalue weighted by atomic mass is 9.87. The molecule has 0 radical (unpaired) electrons. The molecule has 0 saturated heterocycles. The highest BCUT2D eigenvalue weighted by Gasteiger charge is 2.37. The molecule has 3 rings (SSSR count). The molecule has 0 aromatic heterocycles. The van der Waals surface area contributed by atoms with Crippen LogP contribution in [-0.2, 0) is 21.4 Å². The van der Waals surface area contributed by atoms with Crippen LogP contribution in [0.25, 0.3) is 0 Å². The number of nitrogens with zero attached hydrogens (tertiary/aromatic N) is 1. The highest BCUT2D eigenvalue weighted by molar-refractivity contribution is 6.06. The maximum atomic E-state index is 13.1. The van der Waals surface area contributed by atoms with Crippen LogP contribution in [0.5, 0.6) is 5.75 Å². The van der Waals surface area contributed by atoms with Gasteiger partial charge >= 0.3 is 0 Å². The minimum absolute atomic E-state index is 0.0961. The molecule has 0 fully saturated rings. The van der Waals surface area contributed by atoms with Crippen molar-refractivity contribution in [2.75, 3.05) is 18.1 Å². The first kappa shape index (κ1) is 22.9. The maximum Gasteiger partial charge on any atom is 0.254 e. The minimum Gasteiger partial charge on any atom is -0.492 e. The number of rotatable bonds is 8. The highest BCUT2D eigenvalue weighted by atomic mass is 16.5. The minimum atomic E-state index is -0.625. The van der Waals surface area contributed by atoms with E-state index >= 15 is 0 Å². The van der Waals surface area contributed by atoms with Gasteiger partial charge in [0.25, 0.3) is 5.91 Å². The lowest BCUT2D eigenvalue weighted by Crippen LogP contribution is -2.38. The van der Waals surface area contributed by atoms with Crippen LogP contribution < -0.4 is 15.0 Å². The maximum absolute atomic E-state index is 13.1. The molecular weight excluding hydrogens is 388 g/mol. The molecule has 1 atom stereocenters. The van der Waals surface area contributed by atoms with E-state index in [9.17, 15) is 9.59 Å². The van der Waals surface area contributed by atoms with Gasteiger partial charge in [-0.05, 0) is 47.6 Å². The van der Waals surface area contributed by atoms with Crippen molar-refractivity contribution in [2.24, 2.45) is 0 Å². The number of aryl methyl sites for hydroxylation is 1. The highest BCUT2D eigenvalue weighted by Crippen LogP contribution is 2.37. The first-order valence-electron chi connectivity index (χ1n) is 11.2. The van der Waals surface area contributed by atoms with E-state index in [0.717, 1.165) is 36.3 Å². The Hall–Kier alpha value is -2.82. The van der Waals surface area contributed by atoms with Gasteiger partial charge in [-0.1, -0.05) is 58.4 Å². The molecule has 31 heavy (non-hydrogen) atoms. The van der Waals surface area contributed by atoms with Crippen LogP contribution in [0.15, 0.2) is 42.5 Å². The smallest absolute Gasteiger partial charge is 0.254 e. The van der Waals surface area contributed by atoms with Gasteiger partial charge in [0.05, 0.1) is 6.54 Å². The van der Waals surface area contributed by atoms with Crippen LogP contribution in [0.3, 0.4) is 0 Å². The van der Waals surface area contributed by atoms with Crippen LogP contribution in [0, 0.1) is 0 Å². The van der Waals surface area contributed by atoms with Gasteiger partial charge in [0.2, 0.25) is 5.91 Å². The van der Waals surface area contributed by atoms with Crippen molar-refractivity contribution in [1.82, 2.24) is 5.32 Å². The van der Waals surface area contributed by atoms with Gasteiger partial charge in [-0.3, -0.25) is 9.59 Å². The van der Waals surface area contributed by atoms with Gasteiger partial charge in [-0.25, -0.2) is 0 Å². The number of hydrogen-bond donors (Lipinski definition) is 1. The molecule has 1 heterocycles. The fourth-order valence-electron chi connectivity index (χ4n) is 3.90. The molecule has 0 spiro atoms. The van der Waals surface area contributed by atoms with Crippen LogP contribution >= 0.6 is 0 Å². The molecule has 2 aromatic rings. The van der Waals surface area contributed by atoms with Gasteiger partial charge in [0.1, 0.15) is 18.4 Å². The van der Waals surface area contributed by atoms with E-state index in [1.165, 1.54) is 18.1 Å². The third kappa shape index (κ3) is 5.46. The summed E-state index contributed by atoms with van der Waals surface area (Å²) in [5.41, 5.74) is 4.28. The topological polar surface area (TPSA) is 58.6 Å². The lowest BCUT2D eigenvalue weighted by molar-refractivity contribution is -0.126. The van der Waals surface area contributed by atoms with E-state index in [1.54, 1.807) is 4.90 Å². The van der Waals surface area contributed by atoms with E-state index in [-0.39, 0.29) is 17.2 Å². The molecule has 166 valence electrons. The van der Waals surface area contributed by atoms with E-state index in [4.69, 9.17) is 4.74 Å². The molecule has 1 aliphatic heterocycles. The number of benzene rings is 2. The number of nitrogens with one attached hydrogen (secondary N) is 1. The Morgan fingerprint density at radius 1 is 1.13 bits per heavy atom. The number of ether oxygens (including phenoxy) is 1. The zero-order valence-electron chi connectivity index (χ0n) is 19.3. The molecule has 0 aliphatic carbocycles. The second kappa shape index (κ2) is 9.54. The normalized spacial score (nSPS) is 15.7. The van der Waals surface area contributed by atoms with Crippen LogP contribution in [0.2, 0.25) is 0 Å². The van der Waals surface area contributed by atoms with Crippen molar-refractivity contribution in [3.8, 4) is 5.75 Å². The second-order valence-corrected chi connectivity index (χ2v) is 9.24. The molecule has 5 nitrogen and oxygen atoms in total. The van der Waals surface area contributed by atoms with E-state index < -0.39 is 6.04 Å². The van der Waals surface area contributed by atoms with Crippen molar-refractivity contribution in [2.45, 2.75) is 65.3 Å². The fourth-order valence-corrected chi connectivity index (χ4v) is 3.90. The summed E-state index contributed by atoms with van der Waals surface area (Å²) in [6, 6.07) is 13.6. The summed E-state index contributed by atoms with van der Waals surface area (Å²) in [7, 11) is 0. The molecule has 0 unspecified atom stereocenters. The average Bonchev–Trinajstić information content (AvgIpc) is 2.97. The monoisotopic (exact) mass is 422 g/mol. The number of carbonyl (C=O) groups excluding carboxylic acids is 2. The van der Waals surface area contributed by atoms with Gasteiger partial charge < -0.3 is 15.0 Å². The van der Waals surface area contributed by atoms with Crippen LogP contribution in [-0.4, -0.2) is 25.0 Å². The number of anilines is 1. The summed E-state index contributed by atoms with van der Waals surface area (Å²) < 4.78 is 5.91. The van der Waals surface area contributed by atoms with Crippen molar-refractivity contribution < 1.29 is 14.3 Å². The lowest BCUT2D eigenvalue weighted by Gasteiger charge is -2.20. The largest absolute Gasteiger partial charge is 0.492 e. The molecule has 2 aromatic carbocycles. The third-order valence-corrected chi connectivity index (χ3v) is 5.68. The number of fused-ring (bicyclic) bond motifs is 1. The molecule has 5 heteroatoms. The summed E-state index contributed by atoms with van der Waals surface area (Å²) in [5, 5.41) is 2.82. The van der Waals surface area contributed by atoms with Crippen molar-refractivity contribution >= 4 is 17.5 Å². The van der Waals surface area contributed by atoms with Gasteiger partial charge in [0, 0.05) is 18.2 Å². The Bertz CT molecular complexity index is 929. The fraction of sp³-hybridized carbons (Fsp3) is 0.462. The van der Waals surface area contributed by atoms with Gasteiger partial charge in [-0.15, -0.1) is 0 Å². The summed E-state index contributed by atoms with van der Waals surface area (Å²) in [5.74, 6) is 0.470. The Morgan fingerprint density at radius 3 is 2.45 bits per heavy atom. The number of amides is 2. The number of hydrogen-bond acceptors (Lipinski definition) is 3. The van der Waals surface area contributed by atoms with E-state index in [0.29, 0.717) is 13.2 Å². The predicted molar refractivity (Wildman–Crippen MR) is 125 cm³/mol. The zero-order valence-corrected chi connectivity index (χ0v) is 19.3. The first-order chi connectivity index (χ1) is 14.7. The zero-order chi connectivity index (χ0) is 22.6. The summed E-state index contributed by atoms with van der Waals surface area (Å²) >= 11 is 0. The summed E-state index contributed by atoms with van der Waals surface area (Å²) in [6.07, 6.45) is 3.19. The molecule has 0 saturated carbocycles. The van der Waals surface area contributed by atoms with E-state index in [2.05, 4.69) is 57.3 Å². The van der Waals surface area contributed by atoms with Crippen LogP contribution in [0.4, 0.5) is 5.69 Å². The average molecular weight is 423 g/mol. The summed E-state index contributed by atoms with van der Waals surface area (Å²) in [4.78, 5) is 26.5. The molecule has 1 N–H and O–H groups in total. The molecule has 2 amide bonds. The standard InChI is InChI=1S/C26H34N2O3/c1-6-7-8-19-9-14-23-22(17-19)24(27-18(2)29)25(30)28(23)15-16-31-21-12-10-20(11-13-21)26(3,4)5/h9-14,17,24H,6-8,15-16H2,1-5H3,(H,27,29)/t24-/m0/s1. The second-order valence-electron chi connectivity index (χ2n) is 9.24. The van der Waals surface area contributed by atoms with Crippen LogP contribution in [0.1, 0.15) is 70.2 Å². The Kier molecular flexibility index (Phi) is 7.04. The molecular formula is C26H34N2O3. The van der Waals surface area contributed by atoms with Crippen molar-refractivity contribution in [1.29, 1.82) is 0 Å². The Balaban J connectivity index is 1.71. The summed E-state index contributed by atoms with van der Waals surface area (Å²) in [6.45, 7) is 11.0. The predicted octanol–water partition coefficient (Wildman–Crippen LogP) is 4.93. The van der Waals surface area contributed by atoms with Crippen molar-refractivity contribution in [3.05, 3.63) is 59.2 Å². The van der Waals surface area contributed by atoms with Gasteiger partial charge in [-0.2, -0.15) is 0 Å². The molecule has 1 aliphatic rings. The quantitative estimate of drug-likeness (QED) is 0.656. The Labute approximate surface area is 185 Å². The number of carbonyl (C=O) groups is 2. The van der Waals surface area contributed by atoms with Crippen molar-refractivity contribution in [3.63, 3.8) is 0 Å². The van der Waals surface area contributed by atoms with Gasteiger partial charge in [0.15, 0.2) is 0 Å². The first-order valence-corrected chi connectivity index (χ1v) is 11.2. The third-order valence-electron chi connectivity index (χ3n) is 5.68. The van der Waals surface area contributed by atoms with E-state index in [1.807, 2.05) is 18.2 Å². The SMILES string of the molecule is CCCCc1ccc2c(c1)[C@H](NC(C)=O)C(=O)N2CCOc1ccc(C(C)(C)C)cc1.